The molecular weight excluding hydrogens is 277 g/mol. The summed E-state index contributed by atoms with van der Waals surface area (Å²) in [5.41, 5.74) is 1.96. The van der Waals surface area contributed by atoms with E-state index in [9.17, 15) is 0 Å². The molecule has 0 atom stereocenters. The third-order valence-electron chi connectivity index (χ3n) is 1.71. The van der Waals surface area contributed by atoms with Gasteiger partial charge in [-0.25, -0.2) is 0 Å². The maximum atomic E-state index is 4.28. The molecule has 66 valence electrons. The van der Waals surface area contributed by atoms with Crippen LogP contribution in [0.15, 0.2) is 30.3 Å². The lowest BCUT2D eigenvalue weighted by Crippen LogP contribution is -1.97. The Bertz CT molecular complexity index is 389. The lowest BCUT2D eigenvalue weighted by atomic mass is 10.3. The quantitative estimate of drug-likeness (QED) is 0.752. The predicted molar refractivity (Wildman–Crippen MR) is 58.8 cm³/mol. The zero-order valence-corrected chi connectivity index (χ0v) is 9.26. The molecule has 1 aromatic heterocycles. The Morgan fingerprint density at radius 3 is 2.38 bits per heavy atom. The van der Waals surface area contributed by atoms with Gasteiger partial charge in [0.2, 0.25) is 0 Å². The van der Waals surface area contributed by atoms with E-state index in [1.54, 1.807) is 4.80 Å². The lowest BCUT2D eigenvalue weighted by Gasteiger charge is -1.96. The number of benzene rings is 1. The Balaban J connectivity index is 2.48. The van der Waals surface area contributed by atoms with Crippen LogP contribution in [-0.4, -0.2) is 15.0 Å². The highest BCUT2D eigenvalue weighted by molar-refractivity contribution is 14.1. The largest absolute Gasteiger partial charge is 0.153 e. The van der Waals surface area contributed by atoms with Crippen molar-refractivity contribution in [2.45, 2.75) is 6.92 Å². The van der Waals surface area contributed by atoms with E-state index in [1.165, 1.54) is 0 Å². The highest BCUT2D eigenvalue weighted by Gasteiger charge is 2.03. The number of halogens is 1. The van der Waals surface area contributed by atoms with Crippen molar-refractivity contribution in [2.75, 3.05) is 0 Å². The molecule has 1 heterocycles. The SMILES string of the molecule is Cc1nn(-c2ccccc2)nc1I. The van der Waals surface area contributed by atoms with Gasteiger partial charge in [-0.2, -0.15) is 9.90 Å². The summed E-state index contributed by atoms with van der Waals surface area (Å²) in [5.74, 6) is 0. The first-order chi connectivity index (χ1) is 6.27. The Morgan fingerprint density at radius 1 is 1.15 bits per heavy atom. The lowest BCUT2D eigenvalue weighted by molar-refractivity contribution is 0.742. The maximum Gasteiger partial charge on any atom is 0.146 e. The van der Waals surface area contributed by atoms with Crippen molar-refractivity contribution in [3.8, 4) is 5.69 Å². The fourth-order valence-corrected chi connectivity index (χ4v) is 1.35. The van der Waals surface area contributed by atoms with Crippen LogP contribution in [0.2, 0.25) is 0 Å². The molecule has 0 spiro atoms. The van der Waals surface area contributed by atoms with Gasteiger partial charge in [-0.3, -0.25) is 0 Å². The highest BCUT2D eigenvalue weighted by atomic mass is 127. The number of nitrogens with zero attached hydrogens (tertiary/aromatic N) is 3. The molecule has 0 radical (unpaired) electrons. The smallest absolute Gasteiger partial charge is 0.146 e. The summed E-state index contributed by atoms with van der Waals surface area (Å²) in [7, 11) is 0. The second-order valence-electron chi connectivity index (χ2n) is 2.70. The summed E-state index contributed by atoms with van der Waals surface area (Å²) in [6, 6.07) is 9.89. The van der Waals surface area contributed by atoms with Gasteiger partial charge >= 0.3 is 0 Å². The first kappa shape index (κ1) is 8.68. The maximum absolute atomic E-state index is 4.28. The fraction of sp³-hybridized carbons (Fsp3) is 0.111. The van der Waals surface area contributed by atoms with Crippen LogP contribution in [0, 0.1) is 10.6 Å². The molecule has 0 fully saturated rings. The fourth-order valence-electron chi connectivity index (χ4n) is 1.04. The summed E-state index contributed by atoms with van der Waals surface area (Å²) < 4.78 is 0.946. The molecule has 0 saturated carbocycles. The zero-order valence-electron chi connectivity index (χ0n) is 7.11. The standard InChI is InChI=1S/C9H8IN3/c1-7-9(10)12-13(11-7)8-5-3-2-4-6-8/h2-6H,1H3. The van der Waals surface area contributed by atoms with Gasteiger partial charge in [0.25, 0.3) is 0 Å². The molecule has 0 amide bonds. The predicted octanol–water partition coefficient (Wildman–Crippen LogP) is 2.18. The molecule has 0 aliphatic rings. The van der Waals surface area contributed by atoms with E-state index in [0.29, 0.717) is 0 Å². The van der Waals surface area contributed by atoms with E-state index in [-0.39, 0.29) is 0 Å². The van der Waals surface area contributed by atoms with E-state index < -0.39 is 0 Å². The molecule has 0 bridgehead atoms. The average molecular weight is 285 g/mol. The molecule has 0 saturated heterocycles. The Labute approximate surface area is 89.9 Å². The number of aromatic nitrogens is 3. The minimum absolute atomic E-state index is 0.946. The third-order valence-corrected chi connectivity index (χ3v) is 2.71. The molecular formula is C9H8IN3. The van der Waals surface area contributed by atoms with Gasteiger partial charge in [0, 0.05) is 0 Å². The van der Waals surface area contributed by atoms with Gasteiger partial charge in [0.05, 0.1) is 11.4 Å². The van der Waals surface area contributed by atoms with Gasteiger partial charge in [-0.1, -0.05) is 18.2 Å². The van der Waals surface area contributed by atoms with Gasteiger partial charge in [-0.15, -0.1) is 5.10 Å². The zero-order chi connectivity index (χ0) is 9.26. The van der Waals surface area contributed by atoms with Gasteiger partial charge in [-0.05, 0) is 41.6 Å². The summed E-state index contributed by atoms with van der Waals surface area (Å²) in [6.45, 7) is 1.95. The molecule has 0 aliphatic carbocycles. The van der Waals surface area contributed by atoms with Crippen LogP contribution in [0.1, 0.15) is 5.69 Å². The van der Waals surface area contributed by atoms with Gasteiger partial charge < -0.3 is 0 Å². The number of aryl methyl sites for hydroxylation is 1. The van der Waals surface area contributed by atoms with Crippen molar-refractivity contribution in [3.05, 3.63) is 39.7 Å². The third kappa shape index (κ3) is 1.72. The molecule has 3 nitrogen and oxygen atoms in total. The van der Waals surface area contributed by atoms with Crippen LogP contribution in [0.3, 0.4) is 0 Å². The second-order valence-corrected chi connectivity index (χ2v) is 3.72. The monoisotopic (exact) mass is 285 g/mol. The molecule has 1 aromatic carbocycles. The number of hydrogen-bond donors (Lipinski definition) is 0. The van der Waals surface area contributed by atoms with Crippen molar-refractivity contribution >= 4 is 22.6 Å². The molecule has 0 aliphatic heterocycles. The molecule has 2 aromatic rings. The van der Waals surface area contributed by atoms with Crippen molar-refractivity contribution in [3.63, 3.8) is 0 Å². The van der Waals surface area contributed by atoms with Crippen LogP contribution in [0.25, 0.3) is 5.69 Å². The molecule has 2 rings (SSSR count). The summed E-state index contributed by atoms with van der Waals surface area (Å²) in [5, 5.41) is 8.55. The van der Waals surface area contributed by atoms with Gasteiger partial charge in [0.1, 0.15) is 3.70 Å². The van der Waals surface area contributed by atoms with E-state index in [2.05, 4.69) is 32.8 Å². The highest BCUT2D eigenvalue weighted by Crippen LogP contribution is 2.09. The second kappa shape index (κ2) is 3.45. The minimum atomic E-state index is 0.946. The van der Waals surface area contributed by atoms with Crippen LogP contribution in [0.5, 0.6) is 0 Å². The first-order valence-corrected chi connectivity index (χ1v) is 5.00. The van der Waals surface area contributed by atoms with Crippen LogP contribution < -0.4 is 0 Å². The summed E-state index contributed by atoms with van der Waals surface area (Å²) in [6.07, 6.45) is 0. The van der Waals surface area contributed by atoms with E-state index in [0.717, 1.165) is 15.1 Å². The molecule has 0 unspecified atom stereocenters. The van der Waals surface area contributed by atoms with E-state index in [4.69, 9.17) is 0 Å². The van der Waals surface area contributed by atoms with Crippen molar-refractivity contribution in [2.24, 2.45) is 0 Å². The molecule has 13 heavy (non-hydrogen) atoms. The summed E-state index contributed by atoms with van der Waals surface area (Å²) in [4.78, 5) is 1.65. The summed E-state index contributed by atoms with van der Waals surface area (Å²) >= 11 is 2.18. The van der Waals surface area contributed by atoms with E-state index >= 15 is 0 Å². The normalized spacial score (nSPS) is 10.3. The Hall–Kier alpha value is -0.910. The number of hydrogen-bond acceptors (Lipinski definition) is 2. The minimum Gasteiger partial charge on any atom is -0.153 e. The topological polar surface area (TPSA) is 30.7 Å². The number of rotatable bonds is 1. The Kier molecular flexibility index (Phi) is 2.30. The average Bonchev–Trinajstić information content (AvgIpc) is 2.49. The van der Waals surface area contributed by atoms with E-state index in [1.807, 2.05) is 37.3 Å². The van der Waals surface area contributed by atoms with Crippen molar-refractivity contribution < 1.29 is 0 Å². The van der Waals surface area contributed by atoms with Crippen LogP contribution >= 0.6 is 22.6 Å². The van der Waals surface area contributed by atoms with Crippen LogP contribution in [0.4, 0.5) is 0 Å². The van der Waals surface area contributed by atoms with Crippen molar-refractivity contribution in [1.29, 1.82) is 0 Å². The molecule has 0 N–H and O–H groups in total. The molecule has 4 heteroatoms. The number of para-hydroxylation sites is 1. The Morgan fingerprint density at radius 2 is 1.85 bits per heavy atom. The van der Waals surface area contributed by atoms with Crippen LogP contribution in [-0.2, 0) is 0 Å². The first-order valence-electron chi connectivity index (χ1n) is 3.92. The van der Waals surface area contributed by atoms with Gasteiger partial charge in [0.15, 0.2) is 0 Å². The van der Waals surface area contributed by atoms with Crippen molar-refractivity contribution in [1.82, 2.24) is 15.0 Å².